The van der Waals surface area contributed by atoms with Gasteiger partial charge < -0.3 is 4.98 Å². The van der Waals surface area contributed by atoms with E-state index in [4.69, 9.17) is 0 Å². The Morgan fingerprint density at radius 3 is 1.78 bits per heavy atom. The standard InChI is InChI=1S/C31H21N/c1-2-10-21(11-3-1)31(27-15-7-4-12-23(27)24-13-5-8-16-28(24)31)22-18-19-30-26(20-22)25-14-6-9-17-29(25)32-30/h1-20,32H. The largest absolute Gasteiger partial charge is 0.355 e. The van der Waals surface area contributed by atoms with Gasteiger partial charge in [-0.3, -0.25) is 0 Å². The zero-order valence-corrected chi connectivity index (χ0v) is 17.5. The maximum Gasteiger partial charge on any atom is 0.0713 e. The van der Waals surface area contributed by atoms with Gasteiger partial charge in [-0.2, -0.15) is 0 Å². The first-order valence-electron chi connectivity index (χ1n) is 11.1. The fourth-order valence-corrected chi connectivity index (χ4v) is 5.79. The first-order chi connectivity index (χ1) is 15.9. The molecule has 0 aliphatic heterocycles. The highest BCUT2D eigenvalue weighted by Gasteiger charge is 2.45. The van der Waals surface area contributed by atoms with Gasteiger partial charge in [-0.1, -0.05) is 103 Å². The number of H-pyrrole nitrogens is 1. The summed E-state index contributed by atoms with van der Waals surface area (Å²) >= 11 is 0. The predicted octanol–water partition coefficient (Wildman–Crippen LogP) is 7.68. The Bertz CT molecular complexity index is 1580. The summed E-state index contributed by atoms with van der Waals surface area (Å²) < 4.78 is 0. The highest BCUT2D eigenvalue weighted by Crippen LogP contribution is 2.56. The van der Waals surface area contributed by atoms with Crippen molar-refractivity contribution in [2.75, 3.05) is 0 Å². The van der Waals surface area contributed by atoms with Gasteiger partial charge in [0.2, 0.25) is 0 Å². The zero-order valence-electron chi connectivity index (χ0n) is 17.5. The number of hydrogen-bond donors (Lipinski definition) is 1. The van der Waals surface area contributed by atoms with Crippen molar-refractivity contribution in [3.8, 4) is 11.1 Å². The Hall–Kier alpha value is -4.10. The molecule has 1 N–H and O–H groups in total. The molecule has 0 unspecified atom stereocenters. The van der Waals surface area contributed by atoms with Gasteiger partial charge in [0.05, 0.1) is 5.41 Å². The van der Waals surface area contributed by atoms with Crippen LogP contribution in [-0.2, 0) is 5.41 Å². The fraction of sp³-hybridized carbons (Fsp3) is 0.0323. The molecule has 6 aromatic rings. The molecule has 0 saturated heterocycles. The van der Waals surface area contributed by atoms with Crippen molar-refractivity contribution in [3.63, 3.8) is 0 Å². The van der Waals surface area contributed by atoms with Gasteiger partial charge in [-0.05, 0) is 51.6 Å². The molecule has 1 aliphatic rings. The van der Waals surface area contributed by atoms with Crippen molar-refractivity contribution in [2.24, 2.45) is 0 Å². The quantitative estimate of drug-likeness (QED) is 0.302. The molecule has 1 aliphatic carbocycles. The van der Waals surface area contributed by atoms with Gasteiger partial charge >= 0.3 is 0 Å². The van der Waals surface area contributed by atoms with Crippen LogP contribution < -0.4 is 0 Å². The number of hydrogen-bond acceptors (Lipinski definition) is 0. The van der Waals surface area contributed by atoms with Gasteiger partial charge in [-0.25, -0.2) is 0 Å². The van der Waals surface area contributed by atoms with E-state index in [0.717, 1.165) is 0 Å². The normalized spacial score (nSPS) is 13.9. The Labute approximate surface area is 187 Å². The van der Waals surface area contributed by atoms with Crippen LogP contribution in [0.1, 0.15) is 22.3 Å². The number of aromatic amines is 1. The third-order valence-corrected chi connectivity index (χ3v) is 7.10. The van der Waals surface area contributed by atoms with Crippen LogP contribution in [0.5, 0.6) is 0 Å². The van der Waals surface area contributed by atoms with Crippen LogP contribution in [0.4, 0.5) is 0 Å². The van der Waals surface area contributed by atoms with Crippen molar-refractivity contribution < 1.29 is 0 Å². The molecule has 32 heavy (non-hydrogen) atoms. The van der Waals surface area contributed by atoms with Gasteiger partial charge in [0.1, 0.15) is 0 Å². The Morgan fingerprint density at radius 1 is 0.438 bits per heavy atom. The molecule has 1 nitrogen and oxygen atoms in total. The molecule has 1 aromatic heterocycles. The number of aromatic nitrogens is 1. The first-order valence-corrected chi connectivity index (χ1v) is 11.1. The van der Waals surface area contributed by atoms with E-state index in [-0.39, 0.29) is 5.41 Å². The summed E-state index contributed by atoms with van der Waals surface area (Å²) in [6.45, 7) is 0. The van der Waals surface area contributed by atoms with Crippen LogP contribution in [0, 0.1) is 0 Å². The highest BCUT2D eigenvalue weighted by atomic mass is 14.7. The Balaban J connectivity index is 1.65. The minimum Gasteiger partial charge on any atom is -0.355 e. The van der Waals surface area contributed by atoms with Crippen LogP contribution in [-0.4, -0.2) is 4.98 Å². The van der Waals surface area contributed by atoms with Crippen LogP contribution in [0.2, 0.25) is 0 Å². The lowest BCUT2D eigenvalue weighted by molar-refractivity contribution is 0.770. The second kappa shape index (κ2) is 6.45. The van der Waals surface area contributed by atoms with Crippen molar-refractivity contribution >= 4 is 21.8 Å². The molecular formula is C31H21N. The fourth-order valence-electron chi connectivity index (χ4n) is 5.79. The van der Waals surface area contributed by atoms with E-state index in [1.54, 1.807) is 0 Å². The number of benzene rings is 5. The smallest absolute Gasteiger partial charge is 0.0713 e. The molecule has 0 spiro atoms. The van der Waals surface area contributed by atoms with Gasteiger partial charge in [0, 0.05) is 21.8 Å². The minimum absolute atomic E-state index is 0.346. The summed E-state index contributed by atoms with van der Waals surface area (Å²) in [7, 11) is 0. The summed E-state index contributed by atoms with van der Waals surface area (Å²) in [6.07, 6.45) is 0. The second-order valence-corrected chi connectivity index (χ2v) is 8.64. The van der Waals surface area contributed by atoms with Crippen molar-refractivity contribution in [1.29, 1.82) is 0 Å². The zero-order chi connectivity index (χ0) is 21.1. The maximum absolute atomic E-state index is 3.59. The first kappa shape index (κ1) is 17.6. The van der Waals surface area contributed by atoms with E-state index in [2.05, 4.69) is 126 Å². The lowest BCUT2D eigenvalue weighted by atomic mass is 9.67. The molecule has 0 radical (unpaired) electrons. The number of fused-ring (bicyclic) bond motifs is 6. The third-order valence-electron chi connectivity index (χ3n) is 7.10. The Kier molecular flexibility index (Phi) is 3.54. The average molecular weight is 408 g/mol. The summed E-state index contributed by atoms with van der Waals surface area (Å²) in [5.74, 6) is 0. The molecule has 0 saturated carbocycles. The summed E-state index contributed by atoms with van der Waals surface area (Å²) in [4.78, 5) is 3.59. The minimum atomic E-state index is -0.346. The van der Waals surface area contributed by atoms with Gasteiger partial charge in [0.15, 0.2) is 0 Å². The van der Waals surface area contributed by atoms with Crippen LogP contribution in [0.3, 0.4) is 0 Å². The van der Waals surface area contributed by atoms with Crippen LogP contribution >= 0.6 is 0 Å². The highest BCUT2D eigenvalue weighted by molar-refractivity contribution is 6.07. The maximum atomic E-state index is 3.59. The number of para-hydroxylation sites is 1. The van der Waals surface area contributed by atoms with E-state index < -0.39 is 0 Å². The summed E-state index contributed by atoms with van der Waals surface area (Å²) in [6, 6.07) is 44.3. The van der Waals surface area contributed by atoms with Crippen LogP contribution in [0.25, 0.3) is 32.9 Å². The predicted molar refractivity (Wildman–Crippen MR) is 133 cm³/mol. The monoisotopic (exact) mass is 407 g/mol. The molecule has 7 rings (SSSR count). The second-order valence-electron chi connectivity index (χ2n) is 8.64. The van der Waals surface area contributed by atoms with Gasteiger partial charge in [0.25, 0.3) is 0 Å². The molecular weight excluding hydrogens is 386 g/mol. The van der Waals surface area contributed by atoms with Crippen molar-refractivity contribution in [3.05, 3.63) is 144 Å². The topological polar surface area (TPSA) is 15.8 Å². The third kappa shape index (κ3) is 2.18. The summed E-state index contributed by atoms with van der Waals surface area (Å²) in [5, 5.41) is 2.54. The SMILES string of the molecule is c1ccc(C2(c3ccc4[nH]c5ccccc5c4c3)c3ccccc3-c3ccccc32)cc1. The molecule has 5 aromatic carbocycles. The molecule has 0 fully saturated rings. The van der Waals surface area contributed by atoms with Gasteiger partial charge in [-0.15, -0.1) is 0 Å². The van der Waals surface area contributed by atoms with E-state index in [0.29, 0.717) is 0 Å². The lowest BCUT2D eigenvalue weighted by Crippen LogP contribution is -2.28. The molecule has 150 valence electrons. The average Bonchev–Trinajstić information content (AvgIpc) is 3.38. The number of nitrogens with one attached hydrogen (secondary N) is 1. The van der Waals surface area contributed by atoms with E-state index in [1.807, 2.05) is 0 Å². The van der Waals surface area contributed by atoms with E-state index >= 15 is 0 Å². The molecule has 0 amide bonds. The molecule has 0 bridgehead atoms. The Morgan fingerprint density at radius 2 is 1.03 bits per heavy atom. The summed E-state index contributed by atoms with van der Waals surface area (Å²) in [5.41, 5.74) is 9.98. The number of rotatable bonds is 2. The van der Waals surface area contributed by atoms with E-state index in [1.165, 1.54) is 55.2 Å². The molecule has 1 heteroatoms. The van der Waals surface area contributed by atoms with E-state index in [9.17, 15) is 0 Å². The molecule has 0 atom stereocenters. The molecule has 1 heterocycles. The van der Waals surface area contributed by atoms with Crippen LogP contribution in [0.15, 0.2) is 121 Å². The van der Waals surface area contributed by atoms with Crippen molar-refractivity contribution in [2.45, 2.75) is 5.41 Å². The lowest BCUT2D eigenvalue weighted by Gasteiger charge is -2.34. The van der Waals surface area contributed by atoms with Crippen molar-refractivity contribution in [1.82, 2.24) is 4.98 Å².